The Morgan fingerprint density at radius 2 is 2.04 bits per heavy atom. The fraction of sp³-hybridized carbons (Fsp3) is 0.412. The first-order chi connectivity index (χ1) is 12.2. The lowest BCUT2D eigenvalue weighted by Crippen LogP contribution is -2.52. The average Bonchev–Trinajstić information content (AvgIpc) is 2.93. The zero-order chi connectivity index (χ0) is 19.1. The number of benzene rings is 1. The van der Waals surface area contributed by atoms with E-state index in [0.29, 0.717) is 17.7 Å². The van der Waals surface area contributed by atoms with Crippen molar-refractivity contribution in [2.75, 3.05) is 18.6 Å². The van der Waals surface area contributed by atoms with Crippen LogP contribution in [0.1, 0.15) is 24.9 Å². The van der Waals surface area contributed by atoms with Gasteiger partial charge >= 0.3 is 12.0 Å². The standard InChI is InChI=1S/C17H19BrN2O5S/c1-10-14(16(21)25-2)15(12-5-3-4-6-13(12)18)19-17(22)20(10)11-7-8-26(23,24)9-11/h3-6,11,15H,7-9H2,1-2H3,(H,19,22)/t11-,15+/m1/s1. The zero-order valence-electron chi connectivity index (χ0n) is 14.4. The van der Waals surface area contributed by atoms with Crippen molar-refractivity contribution in [2.24, 2.45) is 0 Å². The molecule has 9 heteroatoms. The van der Waals surface area contributed by atoms with Gasteiger partial charge in [-0.05, 0) is 25.0 Å². The van der Waals surface area contributed by atoms with E-state index in [9.17, 15) is 18.0 Å². The van der Waals surface area contributed by atoms with E-state index in [1.165, 1.54) is 12.0 Å². The van der Waals surface area contributed by atoms with Crippen LogP contribution in [0.2, 0.25) is 0 Å². The Labute approximate surface area is 160 Å². The molecular weight excluding hydrogens is 424 g/mol. The number of nitrogens with zero attached hydrogens (tertiary/aromatic N) is 1. The molecule has 1 saturated heterocycles. The van der Waals surface area contributed by atoms with Crippen molar-refractivity contribution < 1.29 is 22.7 Å². The van der Waals surface area contributed by atoms with E-state index >= 15 is 0 Å². The van der Waals surface area contributed by atoms with Crippen molar-refractivity contribution in [1.82, 2.24) is 10.2 Å². The van der Waals surface area contributed by atoms with Crippen molar-refractivity contribution in [3.8, 4) is 0 Å². The summed E-state index contributed by atoms with van der Waals surface area (Å²) >= 11 is 3.45. The molecule has 1 aromatic rings. The number of halogens is 1. The van der Waals surface area contributed by atoms with Gasteiger partial charge in [0, 0.05) is 10.2 Å². The predicted octanol–water partition coefficient (Wildman–Crippen LogP) is 2.15. The van der Waals surface area contributed by atoms with Crippen LogP contribution >= 0.6 is 15.9 Å². The summed E-state index contributed by atoms with van der Waals surface area (Å²) in [6, 6.07) is 5.69. The molecule has 0 aromatic heterocycles. The van der Waals surface area contributed by atoms with E-state index in [4.69, 9.17) is 4.74 Å². The molecule has 2 aliphatic rings. The molecule has 0 saturated carbocycles. The molecule has 0 aliphatic carbocycles. The number of hydrogen-bond acceptors (Lipinski definition) is 5. The van der Waals surface area contributed by atoms with Gasteiger partial charge in [0.05, 0.1) is 36.3 Å². The van der Waals surface area contributed by atoms with Crippen LogP contribution in [0.15, 0.2) is 40.0 Å². The van der Waals surface area contributed by atoms with Gasteiger partial charge in [0.15, 0.2) is 9.84 Å². The summed E-state index contributed by atoms with van der Waals surface area (Å²) in [5, 5.41) is 2.83. The number of ether oxygens (including phenoxy) is 1. The number of nitrogens with one attached hydrogen (secondary N) is 1. The van der Waals surface area contributed by atoms with Gasteiger partial charge in [-0.15, -0.1) is 0 Å². The smallest absolute Gasteiger partial charge is 0.337 e. The maximum atomic E-state index is 12.8. The summed E-state index contributed by atoms with van der Waals surface area (Å²) in [4.78, 5) is 26.6. The van der Waals surface area contributed by atoms with Crippen molar-refractivity contribution in [2.45, 2.75) is 25.4 Å². The largest absolute Gasteiger partial charge is 0.466 e. The average molecular weight is 443 g/mol. The van der Waals surface area contributed by atoms with Gasteiger partial charge in [0.2, 0.25) is 0 Å². The molecule has 140 valence electrons. The third kappa shape index (κ3) is 3.37. The SMILES string of the molecule is COC(=O)C1=C(C)N([C@@H]2CCS(=O)(=O)C2)C(=O)N[C@H]1c1ccccc1Br. The molecule has 0 spiro atoms. The molecule has 1 aromatic carbocycles. The lowest BCUT2D eigenvalue weighted by molar-refractivity contribution is -0.136. The minimum absolute atomic E-state index is 0.0376. The Bertz CT molecular complexity index is 896. The molecule has 26 heavy (non-hydrogen) atoms. The van der Waals surface area contributed by atoms with Crippen LogP contribution in [0.4, 0.5) is 4.79 Å². The van der Waals surface area contributed by atoms with E-state index in [-0.39, 0.29) is 11.5 Å². The molecule has 3 rings (SSSR count). The first kappa shape index (κ1) is 18.9. The summed E-state index contributed by atoms with van der Waals surface area (Å²) in [5.41, 5.74) is 1.44. The highest BCUT2D eigenvalue weighted by Gasteiger charge is 2.42. The van der Waals surface area contributed by atoms with E-state index < -0.39 is 33.9 Å². The number of sulfone groups is 1. The van der Waals surface area contributed by atoms with Crippen LogP contribution in [0.25, 0.3) is 0 Å². The number of rotatable bonds is 3. The van der Waals surface area contributed by atoms with E-state index in [2.05, 4.69) is 21.2 Å². The number of carbonyl (C=O) groups is 2. The van der Waals surface area contributed by atoms with Gasteiger partial charge in [-0.25, -0.2) is 18.0 Å². The highest BCUT2D eigenvalue weighted by atomic mass is 79.9. The van der Waals surface area contributed by atoms with E-state index in [1.807, 2.05) is 18.2 Å². The molecule has 2 amide bonds. The summed E-state index contributed by atoms with van der Waals surface area (Å²) in [6.45, 7) is 1.65. The Balaban J connectivity index is 2.09. The number of esters is 1. The van der Waals surface area contributed by atoms with E-state index in [0.717, 1.165) is 10.0 Å². The topological polar surface area (TPSA) is 92.8 Å². The van der Waals surface area contributed by atoms with Crippen molar-refractivity contribution in [3.05, 3.63) is 45.6 Å². The summed E-state index contributed by atoms with van der Waals surface area (Å²) in [5.74, 6) is -0.629. The molecule has 0 unspecified atom stereocenters. The summed E-state index contributed by atoms with van der Waals surface area (Å²) in [6.07, 6.45) is 0.348. The predicted molar refractivity (Wildman–Crippen MR) is 99.0 cm³/mol. The van der Waals surface area contributed by atoms with Crippen LogP contribution in [0.3, 0.4) is 0 Å². The molecular formula is C17H19BrN2O5S. The number of allylic oxidation sites excluding steroid dienone is 1. The third-order valence-corrected chi connectivity index (χ3v) is 7.19. The number of carbonyl (C=O) groups excluding carboxylic acids is 2. The van der Waals surface area contributed by atoms with E-state index in [1.54, 1.807) is 13.0 Å². The van der Waals surface area contributed by atoms with Crippen LogP contribution in [-0.2, 0) is 19.4 Å². The van der Waals surface area contributed by atoms with Gasteiger partial charge in [0.1, 0.15) is 0 Å². The highest BCUT2D eigenvalue weighted by molar-refractivity contribution is 9.10. The van der Waals surface area contributed by atoms with Gasteiger partial charge in [-0.2, -0.15) is 0 Å². The molecule has 2 heterocycles. The Kier molecular flexibility index (Phi) is 5.12. The molecule has 0 bridgehead atoms. The molecule has 1 fully saturated rings. The minimum atomic E-state index is -3.18. The Hall–Kier alpha value is -1.87. The quantitative estimate of drug-likeness (QED) is 0.723. The maximum absolute atomic E-state index is 12.8. The normalized spacial score (nSPS) is 25.2. The van der Waals surface area contributed by atoms with Crippen LogP contribution in [0.5, 0.6) is 0 Å². The molecule has 1 N–H and O–H groups in total. The lowest BCUT2D eigenvalue weighted by Gasteiger charge is -2.38. The molecule has 0 radical (unpaired) electrons. The Morgan fingerprint density at radius 1 is 1.35 bits per heavy atom. The lowest BCUT2D eigenvalue weighted by atomic mass is 9.94. The first-order valence-electron chi connectivity index (χ1n) is 8.09. The van der Waals surface area contributed by atoms with Gasteiger partial charge in [-0.1, -0.05) is 34.1 Å². The second kappa shape index (κ2) is 7.03. The fourth-order valence-corrected chi connectivity index (χ4v) is 5.71. The van der Waals surface area contributed by atoms with Gasteiger partial charge in [-0.3, -0.25) is 4.90 Å². The first-order valence-corrected chi connectivity index (χ1v) is 10.7. The number of amides is 2. The fourth-order valence-electron chi connectivity index (χ4n) is 3.49. The summed E-state index contributed by atoms with van der Waals surface area (Å²) in [7, 11) is -1.90. The van der Waals surface area contributed by atoms with Crippen molar-refractivity contribution >= 4 is 37.8 Å². The molecule has 7 nitrogen and oxygen atoms in total. The number of urea groups is 1. The van der Waals surface area contributed by atoms with Gasteiger partial charge < -0.3 is 10.1 Å². The van der Waals surface area contributed by atoms with Crippen molar-refractivity contribution in [3.63, 3.8) is 0 Å². The second-order valence-electron chi connectivity index (χ2n) is 6.32. The van der Waals surface area contributed by atoms with Crippen LogP contribution in [0, 0.1) is 0 Å². The van der Waals surface area contributed by atoms with Gasteiger partial charge in [0.25, 0.3) is 0 Å². The number of hydrogen-bond donors (Lipinski definition) is 1. The monoisotopic (exact) mass is 442 g/mol. The second-order valence-corrected chi connectivity index (χ2v) is 9.40. The van der Waals surface area contributed by atoms with Crippen LogP contribution in [-0.4, -0.2) is 50.0 Å². The molecule has 2 atom stereocenters. The third-order valence-electron chi connectivity index (χ3n) is 4.72. The molecule has 2 aliphatic heterocycles. The van der Waals surface area contributed by atoms with Crippen molar-refractivity contribution in [1.29, 1.82) is 0 Å². The highest BCUT2D eigenvalue weighted by Crippen LogP contribution is 2.36. The Morgan fingerprint density at radius 3 is 2.62 bits per heavy atom. The zero-order valence-corrected chi connectivity index (χ0v) is 16.8. The minimum Gasteiger partial charge on any atom is -0.466 e. The summed E-state index contributed by atoms with van der Waals surface area (Å²) < 4.78 is 29.3. The van der Waals surface area contributed by atoms with Crippen LogP contribution < -0.4 is 5.32 Å². The maximum Gasteiger partial charge on any atom is 0.337 e. The number of methoxy groups -OCH3 is 1.